The van der Waals surface area contributed by atoms with E-state index < -0.39 is 0 Å². The lowest BCUT2D eigenvalue weighted by atomic mass is 9.65. The molecule has 1 N–H and O–H groups in total. The van der Waals surface area contributed by atoms with Crippen LogP contribution >= 0.6 is 11.6 Å². The molecule has 152 valence electrons. The minimum atomic E-state index is 0.355. The second kappa shape index (κ2) is 10.7. The summed E-state index contributed by atoms with van der Waals surface area (Å²) in [5.74, 6) is 5.65. The van der Waals surface area contributed by atoms with Crippen LogP contribution in [0.15, 0.2) is 0 Å². The number of hydrogen-bond donors (Lipinski definition) is 1. The van der Waals surface area contributed by atoms with Crippen LogP contribution in [-0.2, 0) is 0 Å². The van der Waals surface area contributed by atoms with E-state index in [1.54, 1.807) is 0 Å². The van der Waals surface area contributed by atoms with Crippen molar-refractivity contribution in [2.24, 2.45) is 35.5 Å². The Bertz CT molecular complexity index is 382. The molecule has 0 aliphatic heterocycles. The van der Waals surface area contributed by atoms with Crippen LogP contribution in [0.3, 0.4) is 0 Å². The number of aliphatic hydroxyl groups is 1. The molecule has 26 heavy (non-hydrogen) atoms. The van der Waals surface area contributed by atoms with Crippen LogP contribution in [0, 0.1) is 35.5 Å². The van der Waals surface area contributed by atoms with Gasteiger partial charge in [0.05, 0.1) is 0 Å². The lowest BCUT2D eigenvalue weighted by molar-refractivity contribution is 0.107. The van der Waals surface area contributed by atoms with Crippen LogP contribution in [0.1, 0.15) is 103 Å². The molecular weight excluding hydrogens is 340 g/mol. The monoisotopic (exact) mass is 382 g/mol. The van der Waals surface area contributed by atoms with Crippen LogP contribution < -0.4 is 0 Å². The van der Waals surface area contributed by atoms with Gasteiger partial charge in [-0.1, -0.05) is 45.4 Å². The highest BCUT2D eigenvalue weighted by molar-refractivity contribution is 6.20. The molecule has 0 aromatic carbocycles. The fraction of sp³-hybridized carbons (Fsp3) is 1.00. The first-order chi connectivity index (χ1) is 12.7. The first kappa shape index (κ1) is 21.0. The van der Waals surface area contributed by atoms with E-state index in [9.17, 15) is 0 Å². The van der Waals surface area contributed by atoms with Gasteiger partial charge in [0.1, 0.15) is 0 Å². The summed E-state index contributed by atoms with van der Waals surface area (Å²) in [5, 5.41) is 9.35. The molecule has 3 saturated carbocycles. The number of aliphatic hydroxyl groups excluding tert-OH is 1. The lowest BCUT2D eigenvalue weighted by Crippen LogP contribution is -2.34. The third-order valence-corrected chi connectivity index (χ3v) is 8.85. The molecule has 0 heterocycles. The minimum absolute atomic E-state index is 0.355. The van der Waals surface area contributed by atoms with E-state index in [4.69, 9.17) is 16.7 Å². The Morgan fingerprint density at radius 2 is 1.35 bits per heavy atom. The maximum Gasteiger partial charge on any atom is 0.0431 e. The molecule has 3 rings (SSSR count). The zero-order valence-corrected chi connectivity index (χ0v) is 17.9. The fourth-order valence-corrected chi connectivity index (χ4v) is 7.12. The van der Waals surface area contributed by atoms with Gasteiger partial charge < -0.3 is 5.11 Å². The molecule has 0 saturated heterocycles. The van der Waals surface area contributed by atoms with Gasteiger partial charge in [-0.2, -0.15) is 0 Å². The quantitative estimate of drug-likeness (QED) is 0.364. The van der Waals surface area contributed by atoms with Gasteiger partial charge in [-0.25, -0.2) is 0 Å². The van der Waals surface area contributed by atoms with Crippen LogP contribution in [-0.4, -0.2) is 17.1 Å². The number of alkyl halides is 1. The smallest absolute Gasteiger partial charge is 0.0431 e. The standard InChI is InChI=1S/C24H43ClO/c1-18-6-9-20(10-7-18)21-11-13-22(14-12-21)23-15-8-19(17-24(23)25)5-3-2-4-16-26/h18-24,26H,2-17H2,1H3. The van der Waals surface area contributed by atoms with Crippen molar-refractivity contribution in [1.82, 2.24) is 0 Å². The van der Waals surface area contributed by atoms with Gasteiger partial charge in [-0.05, 0) is 93.3 Å². The van der Waals surface area contributed by atoms with E-state index in [1.807, 2.05) is 0 Å². The summed E-state index contributed by atoms with van der Waals surface area (Å²) in [7, 11) is 0. The number of hydrogen-bond acceptors (Lipinski definition) is 1. The van der Waals surface area contributed by atoms with Crippen molar-refractivity contribution in [3.8, 4) is 0 Å². The third-order valence-electron chi connectivity index (χ3n) is 8.35. The SMILES string of the molecule is CC1CCC(C2CCC(C3CCC(CCCCCO)CC3Cl)CC2)CC1. The highest BCUT2D eigenvalue weighted by Crippen LogP contribution is 2.47. The molecule has 3 fully saturated rings. The topological polar surface area (TPSA) is 20.2 Å². The summed E-state index contributed by atoms with van der Waals surface area (Å²) in [6.45, 7) is 2.80. The maximum absolute atomic E-state index is 8.92. The lowest BCUT2D eigenvalue weighted by Gasteiger charge is -2.43. The second-order valence-electron chi connectivity index (χ2n) is 10.1. The molecule has 0 bridgehead atoms. The molecule has 0 amide bonds. The summed E-state index contributed by atoms with van der Waals surface area (Å²) in [6, 6.07) is 0. The highest BCUT2D eigenvalue weighted by atomic mass is 35.5. The zero-order chi connectivity index (χ0) is 18.4. The van der Waals surface area contributed by atoms with Crippen molar-refractivity contribution < 1.29 is 5.11 Å². The molecule has 2 heteroatoms. The molecule has 0 aromatic heterocycles. The predicted molar refractivity (Wildman–Crippen MR) is 113 cm³/mol. The fourth-order valence-electron chi connectivity index (χ4n) is 6.54. The van der Waals surface area contributed by atoms with E-state index in [1.165, 1.54) is 89.9 Å². The first-order valence-corrected chi connectivity index (χ1v) is 12.4. The van der Waals surface area contributed by atoms with Crippen LogP contribution in [0.25, 0.3) is 0 Å². The van der Waals surface area contributed by atoms with Crippen LogP contribution in [0.2, 0.25) is 0 Å². The molecule has 0 spiro atoms. The van der Waals surface area contributed by atoms with Crippen molar-refractivity contribution in [1.29, 1.82) is 0 Å². The molecule has 3 unspecified atom stereocenters. The molecule has 1 nitrogen and oxygen atoms in total. The molecule has 3 aliphatic carbocycles. The van der Waals surface area contributed by atoms with Crippen molar-refractivity contribution in [3.05, 3.63) is 0 Å². The second-order valence-corrected chi connectivity index (χ2v) is 10.7. The van der Waals surface area contributed by atoms with E-state index in [0.29, 0.717) is 12.0 Å². The molecule has 3 aliphatic rings. The Balaban J connectivity index is 1.37. The van der Waals surface area contributed by atoms with Crippen LogP contribution in [0.4, 0.5) is 0 Å². The average Bonchev–Trinajstić information content (AvgIpc) is 2.66. The number of halogens is 1. The third kappa shape index (κ3) is 5.87. The van der Waals surface area contributed by atoms with Crippen molar-refractivity contribution in [2.45, 2.75) is 109 Å². The predicted octanol–water partition coefficient (Wildman–Crippen LogP) is 7.20. The van der Waals surface area contributed by atoms with Gasteiger partial charge in [0.2, 0.25) is 0 Å². The first-order valence-electron chi connectivity index (χ1n) is 11.9. The van der Waals surface area contributed by atoms with Gasteiger partial charge in [0, 0.05) is 12.0 Å². The Morgan fingerprint density at radius 1 is 0.731 bits per heavy atom. The molecule has 3 atom stereocenters. The van der Waals surface area contributed by atoms with Crippen LogP contribution in [0.5, 0.6) is 0 Å². The van der Waals surface area contributed by atoms with Gasteiger partial charge >= 0.3 is 0 Å². The summed E-state index contributed by atoms with van der Waals surface area (Å²) < 4.78 is 0. The number of rotatable bonds is 7. The maximum atomic E-state index is 8.92. The molecule has 0 aromatic rings. The average molecular weight is 383 g/mol. The van der Waals surface area contributed by atoms with Crippen molar-refractivity contribution >= 4 is 11.6 Å². The Labute approximate surface area is 167 Å². The largest absolute Gasteiger partial charge is 0.396 e. The normalized spacial score (nSPS) is 41.9. The van der Waals surface area contributed by atoms with Gasteiger partial charge in [0.25, 0.3) is 0 Å². The van der Waals surface area contributed by atoms with Gasteiger partial charge in [0.15, 0.2) is 0 Å². The summed E-state index contributed by atoms with van der Waals surface area (Å²) in [5.41, 5.74) is 0. The summed E-state index contributed by atoms with van der Waals surface area (Å²) >= 11 is 6.91. The van der Waals surface area contributed by atoms with Gasteiger partial charge in [-0.3, -0.25) is 0 Å². The van der Waals surface area contributed by atoms with E-state index >= 15 is 0 Å². The van der Waals surface area contributed by atoms with Crippen molar-refractivity contribution in [3.63, 3.8) is 0 Å². The Morgan fingerprint density at radius 3 is 1.96 bits per heavy atom. The Kier molecular flexibility index (Phi) is 8.63. The summed E-state index contributed by atoms with van der Waals surface area (Å²) in [6.07, 6.45) is 20.7. The Hall–Kier alpha value is 0.250. The molecule has 0 radical (unpaired) electrons. The van der Waals surface area contributed by atoms with E-state index in [-0.39, 0.29) is 0 Å². The minimum Gasteiger partial charge on any atom is -0.396 e. The highest BCUT2D eigenvalue weighted by Gasteiger charge is 2.37. The van der Waals surface area contributed by atoms with Gasteiger partial charge in [-0.15, -0.1) is 11.6 Å². The summed E-state index contributed by atoms with van der Waals surface area (Å²) in [4.78, 5) is 0. The zero-order valence-electron chi connectivity index (χ0n) is 17.2. The number of unbranched alkanes of at least 4 members (excludes halogenated alkanes) is 2. The molecular formula is C24H43ClO. The van der Waals surface area contributed by atoms with E-state index in [0.717, 1.165) is 41.9 Å². The van der Waals surface area contributed by atoms with E-state index in [2.05, 4.69) is 6.92 Å². The van der Waals surface area contributed by atoms with Crippen molar-refractivity contribution in [2.75, 3.05) is 6.61 Å².